The van der Waals surface area contributed by atoms with Crippen molar-refractivity contribution in [2.75, 3.05) is 26.0 Å². The van der Waals surface area contributed by atoms with Gasteiger partial charge in [-0.2, -0.15) is 0 Å². The predicted octanol–water partition coefficient (Wildman–Crippen LogP) is 3.13. The van der Waals surface area contributed by atoms with Gasteiger partial charge in [-0.25, -0.2) is 0 Å². The lowest BCUT2D eigenvalue weighted by Crippen LogP contribution is -2.27. The number of fused-ring (bicyclic) bond motifs is 1. The Morgan fingerprint density at radius 2 is 1.68 bits per heavy atom. The van der Waals surface area contributed by atoms with Gasteiger partial charge in [-0.05, 0) is 29.8 Å². The van der Waals surface area contributed by atoms with Crippen molar-refractivity contribution >= 4 is 22.6 Å². The quantitative estimate of drug-likeness (QED) is 0.734. The van der Waals surface area contributed by atoms with Crippen LogP contribution in [0.2, 0.25) is 0 Å². The molecule has 3 aromatic rings. The van der Waals surface area contributed by atoms with E-state index in [9.17, 15) is 9.59 Å². The Balaban J connectivity index is 1.81. The Bertz CT molecular complexity index is 959. The lowest BCUT2D eigenvalue weighted by molar-refractivity contribution is 0.0754. The van der Waals surface area contributed by atoms with Gasteiger partial charge in [-0.15, -0.1) is 0 Å². The molecule has 5 nitrogen and oxygen atoms in total. The average molecular weight is 336 g/mol. The van der Waals surface area contributed by atoms with Gasteiger partial charge >= 0.3 is 0 Å². The minimum absolute atomic E-state index is 0.0520. The largest absolute Gasteiger partial charge is 0.451 e. The summed E-state index contributed by atoms with van der Waals surface area (Å²) in [6.45, 7) is 0.434. The van der Waals surface area contributed by atoms with Crippen molar-refractivity contribution in [2.24, 2.45) is 0 Å². The number of para-hydroxylation sites is 1. The van der Waals surface area contributed by atoms with Crippen LogP contribution >= 0.6 is 0 Å². The van der Waals surface area contributed by atoms with E-state index in [4.69, 9.17) is 4.42 Å². The fourth-order valence-electron chi connectivity index (χ4n) is 2.64. The first kappa shape index (κ1) is 16.8. The average Bonchev–Trinajstić information content (AvgIpc) is 2.61. The summed E-state index contributed by atoms with van der Waals surface area (Å²) in [4.78, 5) is 28.3. The third-order valence-electron chi connectivity index (χ3n) is 4.06. The number of hydrogen-bond acceptors (Lipinski definition) is 4. The van der Waals surface area contributed by atoms with Crippen molar-refractivity contribution in [1.29, 1.82) is 0 Å². The van der Waals surface area contributed by atoms with E-state index in [1.165, 1.54) is 11.0 Å². The summed E-state index contributed by atoms with van der Waals surface area (Å²) in [5.74, 6) is -0.268. The smallest absolute Gasteiger partial charge is 0.289 e. The summed E-state index contributed by atoms with van der Waals surface area (Å²) in [6.07, 6.45) is 0. The third-order valence-corrected chi connectivity index (χ3v) is 4.06. The van der Waals surface area contributed by atoms with Crippen molar-refractivity contribution in [1.82, 2.24) is 4.90 Å². The van der Waals surface area contributed by atoms with Crippen LogP contribution in [0, 0.1) is 0 Å². The highest BCUT2D eigenvalue weighted by Crippen LogP contribution is 2.16. The van der Waals surface area contributed by atoms with Crippen LogP contribution in [0.15, 0.2) is 63.8 Å². The molecular weight excluding hydrogens is 316 g/mol. The van der Waals surface area contributed by atoms with Crippen LogP contribution in [0.5, 0.6) is 0 Å². The SMILES string of the molecule is CN(Cc1ccc(N(C)C)cc1)C(=O)c1cc(=O)c2ccccc2o1. The van der Waals surface area contributed by atoms with Crippen LogP contribution in [0.25, 0.3) is 11.0 Å². The number of nitrogens with zero attached hydrogens (tertiary/aromatic N) is 2. The minimum Gasteiger partial charge on any atom is -0.451 e. The van der Waals surface area contributed by atoms with Gasteiger partial charge in [0.25, 0.3) is 5.91 Å². The Morgan fingerprint density at radius 3 is 2.36 bits per heavy atom. The van der Waals surface area contributed by atoms with Crippen LogP contribution in [-0.2, 0) is 6.54 Å². The van der Waals surface area contributed by atoms with Gasteiger partial charge in [0.15, 0.2) is 11.2 Å². The molecule has 3 rings (SSSR count). The zero-order valence-corrected chi connectivity index (χ0v) is 14.5. The summed E-state index contributed by atoms with van der Waals surface area (Å²) < 4.78 is 5.62. The van der Waals surface area contributed by atoms with E-state index in [1.807, 2.05) is 43.3 Å². The molecule has 0 fully saturated rings. The molecular formula is C20H20N2O3. The molecule has 2 aromatic carbocycles. The maximum absolute atomic E-state index is 12.6. The fraction of sp³-hybridized carbons (Fsp3) is 0.200. The van der Waals surface area contributed by atoms with Gasteiger partial charge in [-0.1, -0.05) is 24.3 Å². The number of benzene rings is 2. The topological polar surface area (TPSA) is 53.8 Å². The molecule has 0 radical (unpaired) electrons. The first-order chi connectivity index (χ1) is 12.0. The van der Waals surface area contributed by atoms with E-state index >= 15 is 0 Å². The molecule has 1 heterocycles. The standard InChI is InChI=1S/C20H20N2O3/c1-21(2)15-10-8-14(9-11-15)13-22(3)20(24)19-12-17(23)16-6-4-5-7-18(16)25-19/h4-12H,13H2,1-3H3. The van der Waals surface area contributed by atoms with Gasteiger partial charge in [0.1, 0.15) is 5.58 Å². The van der Waals surface area contributed by atoms with Crippen molar-refractivity contribution < 1.29 is 9.21 Å². The molecule has 0 aliphatic rings. The van der Waals surface area contributed by atoms with E-state index in [2.05, 4.69) is 0 Å². The first-order valence-corrected chi connectivity index (χ1v) is 8.00. The maximum atomic E-state index is 12.6. The lowest BCUT2D eigenvalue weighted by Gasteiger charge is -2.18. The predicted molar refractivity (Wildman–Crippen MR) is 99.1 cm³/mol. The van der Waals surface area contributed by atoms with Gasteiger partial charge in [0.05, 0.1) is 5.39 Å². The Hall–Kier alpha value is -3.08. The highest BCUT2D eigenvalue weighted by atomic mass is 16.3. The summed E-state index contributed by atoms with van der Waals surface area (Å²) in [7, 11) is 5.65. The van der Waals surface area contributed by atoms with Crippen LogP contribution in [-0.4, -0.2) is 32.0 Å². The van der Waals surface area contributed by atoms with Crippen molar-refractivity contribution in [3.05, 3.63) is 76.1 Å². The van der Waals surface area contributed by atoms with E-state index in [1.54, 1.807) is 31.3 Å². The van der Waals surface area contributed by atoms with E-state index < -0.39 is 0 Å². The Labute approximate surface area is 146 Å². The van der Waals surface area contributed by atoms with Crippen molar-refractivity contribution in [3.63, 3.8) is 0 Å². The number of carbonyl (C=O) groups excluding carboxylic acids is 1. The summed E-state index contributed by atoms with van der Waals surface area (Å²) >= 11 is 0. The molecule has 1 amide bonds. The molecule has 5 heteroatoms. The molecule has 128 valence electrons. The van der Waals surface area contributed by atoms with Crippen molar-refractivity contribution in [3.8, 4) is 0 Å². The second-order valence-electron chi connectivity index (χ2n) is 6.19. The maximum Gasteiger partial charge on any atom is 0.289 e. The highest BCUT2D eigenvalue weighted by Gasteiger charge is 2.17. The third kappa shape index (κ3) is 3.55. The molecule has 0 saturated carbocycles. The normalized spacial score (nSPS) is 10.7. The molecule has 0 aliphatic carbocycles. The van der Waals surface area contributed by atoms with Crippen LogP contribution in [0.1, 0.15) is 16.1 Å². The zero-order chi connectivity index (χ0) is 18.0. The number of rotatable bonds is 4. The lowest BCUT2D eigenvalue weighted by atomic mass is 10.2. The minimum atomic E-state index is -0.320. The van der Waals surface area contributed by atoms with Gasteiger partial charge in [0.2, 0.25) is 0 Å². The summed E-state index contributed by atoms with van der Waals surface area (Å²) in [6, 6.07) is 16.1. The molecule has 0 atom stereocenters. The van der Waals surface area contributed by atoms with E-state index in [-0.39, 0.29) is 17.1 Å². The van der Waals surface area contributed by atoms with Crippen LogP contribution in [0.4, 0.5) is 5.69 Å². The number of hydrogen-bond donors (Lipinski definition) is 0. The molecule has 0 aliphatic heterocycles. The fourth-order valence-corrected chi connectivity index (χ4v) is 2.64. The van der Waals surface area contributed by atoms with Gasteiger partial charge in [-0.3, -0.25) is 9.59 Å². The van der Waals surface area contributed by atoms with Crippen LogP contribution < -0.4 is 10.3 Å². The second kappa shape index (κ2) is 6.81. The number of anilines is 1. The summed E-state index contributed by atoms with van der Waals surface area (Å²) in [5.41, 5.74) is 2.30. The second-order valence-corrected chi connectivity index (χ2v) is 6.19. The first-order valence-electron chi connectivity index (χ1n) is 8.00. The molecule has 1 aromatic heterocycles. The van der Waals surface area contributed by atoms with E-state index in [0.29, 0.717) is 17.5 Å². The molecule has 25 heavy (non-hydrogen) atoms. The van der Waals surface area contributed by atoms with Crippen molar-refractivity contribution in [2.45, 2.75) is 6.54 Å². The summed E-state index contributed by atoms with van der Waals surface area (Å²) in [5, 5.41) is 0.473. The molecule has 0 saturated heterocycles. The van der Waals surface area contributed by atoms with Crippen LogP contribution in [0.3, 0.4) is 0 Å². The highest BCUT2D eigenvalue weighted by molar-refractivity contribution is 5.93. The Kier molecular flexibility index (Phi) is 4.57. The monoisotopic (exact) mass is 336 g/mol. The van der Waals surface area contributed by atoms with Gasteiger partial charge < -0.3 is 14.2 Å². The number of amides is 1. The molecule has 0 bridgehead atoms. The number of carbonyl (C=O) groups is 1. The zero-order valence-electron chi connectivity index (χ0n) is 14.5. The Morgan fingerprint density at radius 1 is 1.00 bits per heavy atom. The molecule has 0 N–H and O–H groups in total. The van der Waals surface area contributed by atoms with E-state index in [0.717, 1.165) is 11.3 Å². The van der Waals surface area contributed by atoms with Gasteiger partial charge in [0, 0.05) is 39.4 Å². The molecule has 0 spiro atoms. The molecule has 0 unspecified atom stereocenters.